The minimum atomic E-state index is -3.41. The monoisotopic (exact) mass is 407 g/mol. The summed E-state index contributed by atoms with van der Waals surface area (Å²) in [5.74, 6) is -0.0134. The fraction of sp³-hybridized carbons (Fsp3) is 0.421. The van der Waals surface area contributed by atoms with Crippen LogP contribution in [0.1, 0.15) is 12.5 Å². The van der Waals surface area contributed by atoms with Gasteiger partial charge in [-0.2, -0.15) is 4.31 Å². The van der Waals surface area contributed by atoms with Crippen LogP contribution < -0.4 is 5.32 Å². The number of thiophene rings is 1. The van der Waals surface area contributed by atoms with E-state index in [1.165, 1.54) is 21.2 Å². The molecule has 1 amide bonds. The first-order valence-corrected chi connectivity index (χ1v) is 11.4. The van der Waals surface area contributed by atoms with E-state index in [1.54, 1.807) is 17.5 Å². The smallest absolute Gasteiger partial charge is 0.252 e. The van der Waals surface area contributed by atoms with E-state index >= 15 is 0 Å². The maximum Gasteiger partial charge on any atom is 0.252 e. The molecule has 1 saturated heterocycles. The van der Waals surface area contributed by atoms with Crippen molar-refractivity contribution in [3.05, 3.63) is 53.4 Å². The van der Waals surface area contributed by atoms with Gasteiger partial charge in [-0.1, -0.05) is 36.4 Å². The molecule has 0 saturated carbocycles. The van der Waals surface area contributed by atoms with Gasteiger partial charge in [0, 0.05) is 32.7 Å². The largest absolute Gasteiger partial charge is 0.354 e. The van der Waals surface area contributed by atoms with Crippen LogP contribution in [-0.2, 0) is 21.2 Å². The molecule has 2 aromatic rings. The second kappa shape index (κ2) is 8.97. The second-order valence-electron chi connectivity index (χ2n) is 6.57. The molecule has 0 aliphatic carbocycles. The highest BCUT2D eigenvalue weighted by atomic mass is 32.2. The molecule has 3 rings (SSSR count). The highest BCUT2D eigenvalue weighted by molar-refractivity contribution is 7.91. The van der Waals surface area contributed by atoms with Crippen molar-refractivity contribution in [2.45, 2.75) is 23.6 Å². The Kier molecular flexibility index (Phi) is 6.64. The van der Waals surface area contributed by atoms with Crippen molar-refractivity contribution >= 4 is 27.3 Å². The Bertz CT molecular complexity index is 830. The van der Waals surface area contributed by atoms with Gasteiger partial charge in [0.2, 0.25) is 5.91 Å². The van der Waals surface area contributed by atoms with Gasteiger partial charge in [-0.05, 0) is 30.4 Å². The first-order valence-electron chi connectivity index (χ1n) is 9.08. The highest BCUT2D eigenvalue weighted by Crippen LogP contribution is 2.22. The van der Waals surface area contributed by atoms with Gasteiger partial charge in [-0.3, -0.25) is 9.69 Å². The van der Waals surface area contributed by atoms with Crippen molar-refractivity contribution in [2.24, 2.45) is 0 Å². The summed E-state index contributed by atoms with van der Waals surface area (Å²) in [4.78, 5) is 14.5. The Morgan fingerprint density at radius 1 is 1.11 bits per heavy atom. The van der Waals surface area contributed by atoms with Gasteiger partial charge in [0.15, 0.2) is 0 Å². The zero-order valence-corrected chi connectivity index (χ0v) is 17.0. The Hall–Kier alpha value is -1.74. The van der Waals surface area contributed by atoms with Crippen molar-refractivity contribution < 1.29 is 13.2 Å². The molecule has 0 spiro atoms. The number of amides is 1. The van der Waals surface area contributed by atoms with Crippen molar-refractivity contribution in [3.63, 3.8) is 0 Å². The van der Waals surface area contributed by atoms with Crippen LogP contribution in [0.4, 0.5) is 0 Å². The number of hydrogen-bond acceptors (Lipinski definition) is 5. The molecule has 1 aliphatic heterocycles. The molecule has 1 atom stereocenters. The zero-order chi connectivity index (χ0) is 19.3. The average Bonchev–Trinajstić information content (AvgIpc) is 3.24. The lowest BCUT2D eigenvalue weighted by Crippen LogP contribution is -2.54. The van der Waals surface area contributed by atoms with Gasteiger partial charge >= 0.3 is 0 Å². The molecule has 1 aromatic carbocycles. The quantitative estimate of drug-likeness (QED) is 0.760. The van der Waals surface area contributed by atoms with E-state index in [2.05, 4.69) is 5.32 Å². The maximum atomic E-state index is 12.6. The van der Waals surface area contributed by atoms with Crippen molar-refractivity contribution in [3.8, 4) is 0 Å². The molecule has 8 heteroatoms. The van der Waals surface area contributed by atoms with Crippen molar-refractivity contribution in [1.29, 1.82) is 0 Å². The molecule has 2 heterocycles. The Morgan fingerprint density at radius 3 is 2.44 bits per heavy atom. The number of nitrogens with one attached hydrogen (secondary N) is 1. The molecular weight excluding hydrogens is 382 g/mol. The fourth-order valence-corrected chi connectivity index (χ4v) is 5.72. The number of benzene rings is 1. The third-order valence-electron chi connectivity index (χ3n) is 4.85. The van der Waals surface area contributed by atoms with Crippen LogP contribution in [0.2, 0.25) is 0 Å². The van der Waals surface area contributed by atoms with E-state index in [0.717, 1.165) is 6.42 Å². The predicted octanol–water partition coefficient (Wildman–Crippen LogP) is 1.80. The summed E-state index contributed by atoms with van der Waals surface area (Å²) in [6.45, 7) is 4.39. The zero-order valence-electron chi connectivity index (χ0n) is 15.4. The molecule has 1 fully saturated rings. The number of nitrogens with zero attached hydrogens (tertiary/aromatic N) is 2. The standard InChI is InChI=1S/C19H25N3O3S2/c1-16(19(23)20-10-9-17-6-3-2-4-7-17)21-11-13-22(14-12-21)27(24,25)18-8-5-15-26-18/h2-8,15-16H,9-14H2,1H3,(H,20,23)/t16-/m1/s1. The van der Waals surface area contributed by atoms with Crippen LogP contribution >= 0.6 is 11.3 Å². The molecule has 146 valence electrons. The molecule has 27 heavy (non-hydrogen) atoms. The lowest BCUT2D eigenvalue weighted by Gasteiger charge is -2.36. The number of sulfonamides is 1. The minimum absolute atomic E-state index is 0.0134. The SMILES string of the molecule is C[C@H](C(=O)NCCc1ccccc1)N1CCN(S(=O)(=O)c2cccs2)CC1. The van der Waals surface area contributed by atoms with E-state index < -0.39 is 10.0 Å². The third kappa shape index (κ3) is 4.95. The van der Waals surface area contributed by atoms with Gasteiger partial charge in [0.25, 0.3) is 10.0 Å². The molecule has 0 bridgehead atoms. The van der Waals surface area contributed by atoms with E-state index in [-0.39, 0.29) is 11.9 Å². The highest BCUT2D eigenvalue weighted by Gasteiger charge is 2.32. The van der Waals surface area contributed by atoms with Gasteiger partial charge in [-0.25, -0.2) is 8.42 Å². The number of hydrogen-bond donors (Lipinski definition) is 1. The van der Waals surface area contributed by atoms with E-state index in [4.69, 9.17) is 0 Å². The number of rotatable bonds is 7. The van der Waals surface area contributed by atoms with Crippen LogP contribution in [0.5, 0.6) is 0 Å². The van der Waals surface area contributed by atoms with E-state index in [9.17, 15) is 13.2 Å². The molecule has 0 unspecified atom stereocenters. The van der Waals surface area contributed by atoms with Crippen LogP contribution in [0.3, 0.4) is 0 Å². The number of carbonyl (C=O) groups excluding carboxylic acids is 1. The van der Waals surface area contributed by atoms with Crippen molar-refractivity contribution in [2.75, 3.05) is 32.7 Å². The summed E-state index contributed by atoms with van der Waals surface area (Å²) in [7, 11) is -3.41. The first kappa shape index (κ1) is 20.0. The summed E-state index contributed by atoms with van der Waals surface area (Å²) in [6, 6.07) is 13.2. The van der Waals surface area contributed by atoms with Gasteiger partial charge < -0.3 is 5.32 Å². The molecular formula is C19H25N3O3S2. The van der Waals surface area contributed by atoms with Crippen LogP contribution in [-0.4, -0.2) is 62.3 Å². The molecule has 1 N–H and O–H groups in total. The summed E-state index contributed by atoms with van der Waals surface area (Å²) >= 11 is 1.24. The maximum absolute atomic E-state index is 12.6. The van der Waals surface area contributed by atoms with Crippen LogP contribution in [0, 0.1) is 0 Å². The van der Waals surface area contributed by atoms with Gasteiger partial charge in [0.1, 0.15) is 4.21 Å². The molecule has 1 aliphatic rings. The fourth-order valence-electron chi connectivity index (χ4n) is 3.16. The van der Waals surface area contributed by atoms with E-state index in [0.29, 0.717) is 36.9 Å². The summed E-state index contributed by atoms with van der Waals surface area (Å²) < 4.78 is 27.0. The minimum Gasteiger partial charge on any atom is -0.354 e. The molecule has 6 nitrogen and oxygen atoms in total. The van der Waals surface area contributed by atoms with Gasteiger partial charge in [0.05, 0.1) is 6.04 Å². The Labute approximate surface area is 164 Å². The topological polar surface area (TPSA) is 69.7 Å². The van der Waals surface area contributed by atoms with Crippen LogP contribution in [0.25, 0.3) is 0 Å². The van der Waals surface area contributed by atoms with Crippen molar-refractivity contribution in [1.82, 2.24) is 14.5 Å². The Morgan fingerprint density at radius 2 is 1.81 bits per heavy atom. The van der Waals surface area contributed by atoms with Gasteiger partial charge in [-0.15, -0.1) is 11.3 Å². The normalized spacial score (nSPS) is 17.5. The molecule has 1 aromatic heterocycles. The Balaban J connectivity index is 1.46. The predicted molar refractivity (Wildman–Crippen MR) is 107 cm³/mol. The lowest BCUT2D eigenvalue weighted by atomic mass is 10.1. The summed E-state index contributed by atoms with van der Waals surface area (Å²) in [5.41, 5.74) is 1.19. The third-order valence-corrected chi connectivity index (χ3v) is 8.12. The summed E-state index contributed by atoms with van der Waals surface area (Å²) in [6.07, 6.45) is 0.798. The van der Waals surface area contributed by atoms with Crippen LogP contribution in [0.15, 0.2) is 52.1 Å². The van der Waals surface area contributed by atoms with E-state index in [1.807, 2.05) is 42.2 Å². The number of carbonyl (C=O) groups is 1. The second-order valence-corrected chi connectivity index (χ2v) is 9.69. The number of piperazine rings is 1. The lowest BCUT2D eigenvalue weighted by molar-refractivity contribution is -0.126. The first-order chi connectivity index (χ1) is 13.0. The summed E-state index contributed by atoms with van der Waals surface area (Å²) in [5, 5.41) is 4.75. The average molecular weight is 408 g/mol. The molecule has 0 radical (unpaired) electrons.